The fourth-order valence-electron chi connectivity index (χ4n) is 2.60. The molecule has 0 bridgehead atoms. The van der Waals surface area contributed by atoms with Gasteiger partial charge in [-0.2, -0.15) is 0 Å². The number of hydrogen-bond acceptors (Lipinski definition) is 5. The zero-order valence-electron chi connectivity index (χ0n) is 12.0. The number of aromatic hydroxyl groups is 1. The molecule has 2 rings (SSSR count). The van der Waals surface area contributed by atoms with E-state index >= 15 is 0 Å². The molecule has 6 nitrogen and oxygen atoms in total. The smallest absolute Gasteiger partial charge is 0.339 e. The van der Waals surface area contributed by atoms with Crippen LogP contribution in [0.4, 0.5) is 0 Å². The molecule has 0 aliphatic heterocycles. The number of hydrogen-bond donors (Lipinski definition) is 3. The van der Waals surface area contributed by atoms with Gasteiger partial charge in [0.2, 0.25) is 0 Å². The molecule has 0 heterocycles. The molecule has 0 aromatic heterocycles. The number of carbonyl (C=O) groups is 2. The summed E-state index contributed by atoms with van der Waals surface area (Å²) in [6, 6.07) is 3.65. The number of carboxylic acid groups (broad SMARTS) is 1. The number of ether oxygens (including phenoxy) is 1. The number of phenolic OH excluding ortho intramolecular Hbond substituents is 1. The van der Waals surface area contributed by atoms with Crippen molar-refractivity contribution in [2.24, 2.45) is 17.6 Å². The SMILES string of the molecule is Cl.NC[C@H]1CC[C@H](C(=O)Oc2ccc(O)cc2C(=O)O)CC1. The lowest BCUT2D eigenvalue weighted by Gasteiger charge is -2.26. The van der Waals surface area contributed by atoms with Gasteiger partial charge in [0, 0.05) is 0 Å². The maximum atomic E-state index is 12.1. The molecule has 0 atom stereocenters. The fraction of sp³-hybridized carbons (Fsp3) is 0.467. The minimum absolute atomic E-state index is 0. The lowest BCUT2D eigenvalue weighted by atomic mass is 9.82. The first-order valence-corrected chi connectivity index (χ1v) is 6.99. The first kappa shape index (κ1) is 18.3. The van der Waals surface area contributed by atoms with Crippen LogP contribution in [-0.4, -0.2) is 28.7 Å². The number of phenols is 1. The van der Waals surface area contributed by atoms with Crippen molar-refractivity contribution < 1.29 is 24.5 Å². The van der Waals surface area contributed by atoms with Gasteiger partial charge in [0.05, 0.1) is 5.92 Å². The first-order chi connectivity index (χ1) is 10.0. The summed E-state index contributed by atoms with van der Waals surface area (Å²) in [5.74, 6) is -1.65. The molecule has 1 saturated carbocycles. The van der Waals surface area contributed by atoms with Crippen LogP contribution in [0.3, 0.4) is 0 Å². The van der Waals surface area contributed by atoms with Crippen molar-refractivity contribution in [3.05, 3.63) is 23.8 Å². The van der Waals surface area contributed by atoms with Crippen LogP contribution in [0.5, 0.6) is 11.5 Å². The lowest BCUT2D eigenvalue weighted by molar-refractivity contribution is -0.140. The van der Waals surface area contributed by atoms with E-state index in [0.717, 1.165) is 18.9 Å². The molecule has 1 aromatic rings. The van der Waals surface area contributed by atoms with Gasteiger partial charge in [-0.1, -0.05) is 0 Å². The first-order valence-electron chi connectivity index (χ1n) is 6.99. The van der Waals surface area contributed by atoms with Gasteiger partial charge >= 0.3 is 11.9 Å². The Morgan fingerprint density at radius 1 is 1.23 bits per heavy atom. The number of halogens is 1. The quantitative estimate of drug-likeness (QED) is 0.577. The number of aromatic carboxylic acids is 1. The van der Waals surface area contributed by atoms with E-state index in [1.165, 1.54) is 12.1 Å². The zero-order chi connectivity index (χ0) is 15.4. The second-order valence-electron chi connectivity index (χ2n) is 5.36. The summed E-state index contributed by atoms with van der Waals surface area (Å²) in [6.07, 6.45) is 3.19. The van der Waals surface area contributed by atoms with Crippen molar-refractivity contribution in [1.82, 2.24) is 0 Å². The van der Waals surface area contributed by atoms with Gasteiger partial charge in [-0.3, -0.25) is 4.79 Å². The fourth-order valence-corrected chi connectivity index (χ4v) is 2.60. The Bertz CT molecular complexity index is 541. The van der Waals surface area contributed by atoms with Crippen LogP contribution >= 0.6 is 12.4 Å². The van der Waals surface area contributed by atoms with E-state index in [0.29, 0.717) is 25.3 Å². The Hall–Kier alpha value is -1.79. The largest absolute Gasteiger partial charge is 0.508 e. The van der Waals surface area contributed by atoms with E-state index in [4.69, 9.17) is 15.6 Å². The Morgan fingerprint density at radius 3 is 2.41 bits per heavy atom. The number of carboxylic acids is 1. The van der Waals surface area contributed by atoms with Crippen molar-refractivity contribution in [2.75, 3.05) is 6.54 Å². The van der Waals surface area contributed by atoms with Gasteiger partial charge in [-0.25, -0.2) is 4.79 Å². The molecular formula is C15H20ClNO5. The molecule has 1 aromatic carbocycles. The lowest BCUT2D eigenvalue weighted by Crippen LogP contribution is -2.28. The van der Waals surface area contributed by atoms with Gasteiger partial charge < -0.3 is 20.7 Å². The van der Waals surface area contributed by atoms with Crippen molar-refractivity contribution in [3.8, 4) is 11.5 Å². The van der Waals surface area contributed by atoms with Crippen LogP contribution in [0.2, 0.25) is 0 Å². The topological polar surface area (TPSA) is 110 Å². The van der Waals surface area contributed by atoms with E-state index in [1.54, 1.807) is 0 Å². The number of carbonyl (C=O) groups excluding carboxylic acids is 1. The summed E-state index contributed by atoms with van der Waals surface area (Å²) in [6.45, 7) is 0.628. The molecule has 0 radical (unpaired) electrons. The number of nitrogens with two attached hydrogens (primary N) is 1. The van der Waals surface area contributed by atoms with Crippen LogP contribution in [0.1, 0.15) is 36.0 Å². The van der Waals surface area contributed by atoms with E-state index in [9.17, 15) is 14.7 Å². The molecule has 0 unspecified atom stereocenters. The van der Waals surface area contributed by atoms with Gasteiger partial charge in [0.25, 0.3) is 0 Å². The molecule has 1 aliphatic carbocycles. The molecule has 7 heteroatoms. The zero-order valence-corrected chi connectivity index (χ0v) is 12.8. The monoisotopic (exact) mass is 329 g/mol. The van der Waals surface area contributed by atoms with E-state index in [2.05, 4.69) is 0 Å². The number of esters is 1. The third kappa shape index (κ3) is 4.35. The van der Waals surface area contributed by atoms with Crippen LogP contribution in [-0.2, 0) is 4.79 Å². The summed E-state index contributed by atoms with van der Waals surface area (Å²) >= 11 is 0. The van der Waals surface area contributed by atoms with Gasteiger partial charge in [-0.15, -0.1) is 12.4 Å². The summed E-state index contributed by atoms with van der Waals surface area (Å²) in [7, 11) is 0. The standard InChI is InChI=1S/C15H19NO5.ClH/c16-8-9-1-3-10(4-2-9)15(20)21-13-6-5-11(17)7-12(13)14(18)19;/h5-7,9-10,17H,1-4,8,16H2,(H,18,19);1H/t9-,10-;. The average molecular weight is 330 g/mol. The molecular weight excluding hydrogens is 310 g/mol. The average Bonchev–Trinajstić information content (AvgIpc) is 2.49. The van der Waals surface area contributed by atoms with Gasteiger partial charge in [0.15, 0.2) is 0 Å². The second-order valence-corrected chi connectivity index (χ2v) is 5.36. The molecule has 122 valence electrons. The van der Waals surface area contributed by atoms with Crippen molar-refractivity contribution >= 4 is 24.3 Å². The summed E-state index contributed by atoms with van der Waals surface area (Å²) in [5.41, 5.74) is 5.39. The predicted octanol–water partition coefficient (Wildman–Crippen LogP) is 2.18. The highest BCUT2D eigenvalue weighted by Crippen LogP contribution is 2.30. The second kappa shape index (κ2) is 8.00. The Balaban J connectivity index is 0.00000242. The molecule has 1 aliphatic rings. The van der Waals surface area contributed by atoms with E-state index in [-0.39, 0.29) is 35.4 Å². The predicted molar refractivity (Wildman–Crippen MR) is 82.5 cm³/mol. The number of benzene rings is 1. The molecule has 4 N–H and O–H groups in total. The van der Waals surface area contributed by atoms with Crippen molar-refractivity contribution in [1.29, 1.82) is 0 Å². The highest BCUT2D eigenvalue weighted by molar-refractivity contribution is 5.92. The summed E-state index contributed by atoms with van der Waals surface area (Å²) in [5, 5.41) is 18.4. The minimum Gasteiger partial charge on any atom is -0.508 e. The van der Waals surface area contributed by atoms with Crippen LogP contribution in [0.15, 0.2) is 18.2 Å². The van der Waals surface area contributed by atoms with Crippen molar-refractivity contribution in [2.45, 2.75) is 25.7 Å². The van der Waals surface area contributed by atoms with Crippen LogP contribution in [0, 0.1) is 11.8 Å². The maximum absolute atomic E-state index is 12.1. The van der Waals surface area contributed by atoms with Crippen molar-refractivity contribution in [3.63, 3.8) is 0 Å². The summed E-state index contributed by atoms with van der Waals surface area (Å²) < 4.78 is 5.21. The molecule has 22 heavy (non-hydrogen) atoms. The van der Waals surface area contributed by atoms with Crippen LogP contribution in [0.25, 0.3) is 0 Å². The Kier molecular flexibility index (Phi) is 6.64. The maximum Gasteiger partial charge on any atom is 0.339 e. The van der Waals surface area contributed by atoms with Gasteiger partial charge in [0.1, 0.15) is 17.1 Å². The molecule has 0 saturated heterocycles. The van der Waals surface area contributed by atoms with Crippen LogP contribution < -0.4 is 10.5 Å². The number of rotatable bonds is 4. The Labute approximate surface area is 134 Å². The molecule has 0 spiro atoms. The minimum atomic E-state index is -1.25. The molecule has 1 fully saturated rings. The van der Waals surface area contributed by atoms with E-state index < -0.39 is 11.9 Å². The third-order valence-corrected chi connectivity index (χ3v) is 3.92. The normalized spacial score (nSPS) is 20.8. The Morgan fingerprint density at radius 2 is 1.86 bits per heavy atom. The highest BCUT2D eigenvalue weighted by atomic mass is 35.5. The van der Waals surface area contributed by atoms with E-state index in [1.807, 2.05) is 0 Å². The highest BCUT2D eigenvalue weighted by Gasteiger charge is 2.28. The molecule has 0 amide bonds. The summed E-state index contributed by atoms with van der Waals surface area (Å²) in [4.78, 5) is 23.2. The van der Waals surface area contributed by atoms with Gasteiger partial charge in [-0.05, 0) is 56.3 Å². The third-order valence-electron chi connectivity index (χ3n) is 3.92.